The van der Waals surface area contributed by atoms with Gasteiger partial charge in [0.2, 0.25) is 0 Å². The average molecular weight is 308 g/mol. The van der Waals surface area contributed by atoms with Crippen LogP contribution in [-0.2, 0) is 6.18 Å². The maximum absolute atomic E-state index is 12.4. The third-order valence-electron chi connectivity index (χ3n) is 2.16. The Balaban J connectivity index is 2.84. The summed E-state index contributed by atoms with van der Waals surface area (Å²) in [5.41, 5.74) is -1.39. The van der Waals surface area contributed by atoms with Crippen LogP contribution in [0.25, 0.3) is 0 Å². The summed E-state index contributed by atoms with van der Waals surface area (Å²) in [6.07, 6.45) is -12.2. The molecule has 0 aliphatic heterocycles. The van der Waals surface area contributed by atoms with Crippen molar-refractivity contribution in [3.63, 3.8) is 0 Å². The average Bonchev–Trinajstić information content (AvgIpc) is 2.24. The van der Waals surface area contributed by atoms with Crippen molar-refractivity contribution in [2.45, 2.75) is 18.5 Å². The van der Waals surface area contributed by atoms with Gasteiger partial charge in [0.25, 0.3) is 0 Å². The van der Waals surface area contributed by atoms with Crippen molar-refractivity contribution in [1.29, 1.82) is 0 Å². The van der Waals surface area contributed by atoms with E-state index in [1.807, 2.05) is 5.32 Å². The zero-order valence-electron chi connectivity index (χ0n) is 9.11. The Labute approximate surface area is 109 Å². The molecule has 1 rings (SSSR count). The van der Waals surface area contributed by atoms with Crippen molar-refractivity contribution < 1.29 is 31.4 Å². The lowest BCUT2D eigenvalue weighted by molar-refractivity contribution is -0.198. The van der Waals surface area contributed by atoms with Crippen LogP contribution >= 0.6 is 11.6 Å². The minimum atomic E-state index is -4.86. The normalized spacial score (nSPS) is 14.3. The quantitative estimate of drug-likeness (QED) is 0.835. The van der Waals surface area contributed by atoms with Crippen molar-refractivity contribution in [3.05, 3.63) is 28.8 Å². The minimum Gasteiger partial charge on any atom is -0.382 e. The van der Waals surface area contributed by atoms with E-state index >= 15 is 0 Å². The molecule has 0 saturated heterocycles. The molecule has 0 aliphatic carbocycles. The van der Waals surface area contributed by atoms with Gasteiger partial charge in [-0.15, -0.1) is 0 Å². The molecule has 0 radical (unpaired) electrons. The molecular formula is C10H8ClF6NO. The number of hydrogen-bond acceptors (Lipinski definition) is 2. The third kappa shape index (κ3) is 4.46. The van der Waals surface area contributed by atoms with Gasteiger partial charge < -0.3 is 10.4 Å². The van der Waals surface area contributed by atoms with Crippen LogP contribution in [0.2, 0.25) is 5.02 Å². The lowest BCUT2D eigenvalue weighted by Crippen LogP contribution is -2.35. The molecule has 2 nitrogen and oxygen atoms in total. The number of anilines is 1. The zero-order valence-corrected chi connectivity index (χ0v) is 9.87. The van der Waals surface area contributed by atoms with E-state index in [0.717, 1.165) is 6.07 Å². The molecule has 1 aromatic carbocycles. The molecule has 0 fully saturated rings. The maximum Gasteiger partial charge on any atom is 0.416 e. The molecule has 9 heteroatoms. The topological polar surface area (TPSA) is 32.3 Å². The molecule has 0 bridgehead atoms. The van der Waals surface area contributed by atoms with Crippen LogP contribution in [0.5, 0.6) is 0 Å². The van der Waals surface area contributed by atoms with Crippen LogP contribution in [-0.4, -0.2) is 23.9 Å². The molecule has 0 aliphatic rings. The van der Waals surface area contributed by atoms with Crippen LogP contribution in [0.15, 0.2) is 18.2 Å². The van der Waals surface area contributed by atoms with Crippen LogP contribution in [0, 0.1) is 0 Å². The van der Waals surface area contributed by atoms with Crippen molar-refractivity contribution in [1.82, 2.24) is 0 Å². The summed E-state index contributed by atoms with van der Waals surface area (Å²) in [6.45, 7) is -0.996. The van der Waals surface area contributed by atoms with E-state index in [0.29, 0.717) is 12.1 Å². The second-order valence-corrected chi connectivity index (χ2v) is 4.04. The monoisotopic (exact) mass is 307 g/mol. The molecule has 0 heterocycles. The summed E-state index contributed by atoms with van der Waals surface area (Å²) in [6, 6.07) is 2.19. The first-order valence-electron chi connectivity index (χ1n) is 4.87. The Morgan fingerprint density at radius 3 is 2.21 bits per heavy atom. The number of aliphatic hydroxyl groups excluding tert-OH is 1. The highest BCUT2D eigenvalue weighted by molar-refractivity contribution is 6.33. The van der Waals surface area contributed by atoms with E-state index in [2.05, 4.69) is 0 Å². The van der Waals surface area contributed by atoms with Crippen LogP contribution in [0.3, 0.4) is 0 Å². The number of halogens is 7. The number of rotatable bonds is 3. The molecule has 0 spiro atoms. The number of nitrogens with one attached hydrogen (secondary N) is 1. The highest BCUT2D eigenvalue weighted by Crippen LogP contribution is 2.34. The minimum absolute atomic E-state index is 0.178. The lowest BCUT2D eigenvalue weighted by atomic mass is 10.2. The Hall–Kier alpha value is -1.15. The Morgan fingerprint density at radius 1 is 1.16 bits per heavy atom. The first-order chi connectivity index (χ1) is 8.51. The van der Waals surface area contributed by atoms with E-state index in [1.165, 1.54) is 0 Å². The molecule has 19 heavy (non-hydrogen) atoms. The molecule has 108 valence electrons. The fourth-order valence-electron chi connectivity index (χ4n) is 1.16. The van der Waals surface area contributed by atoms with Gasteiger partial charge in [-0.25, -0.2) is 0 Å². The largest absolute Gasteiger partial charge is 0.416 e. The standard InChI is InChI=1S/C10H8ClF6NO/c11-6-2-1-5(9(12,13)14)3-7(6)18-4-8(19)10(15,16)17/h1-3,8,18-19H,4H2. The first kappa shape index (κ1) is 15.9. The van der Waals surface area contributed by atoms with Crippen molar-refractivity contribution in [2.75, 3.05) is 11.9 Å². The van der Waals surface area contributed by atoms with Gasteiger partial charge >= 0.3 is 12.4 Å². The Kier molecular flexibility index (Phi) is 4.57. The first-order valence-corrected chi connectivity index (χ1v) is 5.25. The van der Waals surface area contributed by atoms with Gasteiger partial charge in [0.15, 0.2) is 6.10 Å². The van der Waals surface area contributed by atoms with Crippen molar-refractivity contribution >= 4 is 17.3 Å². The molecule has 1 unspecified atom stereocenters. The van der Waals surface area contributed by atoms with E-state index in [-0.39, 0.29) is 10.7 Å². The van der Waals surface area contributed by atoms with Crippen molar-refractivity contribution in [3.8, 4) is 0 Å². The van der Waals surface area contributed by atoms with Gasteiger partial charge in [-0.05, 0) is 18.2 Å². The van der Waals surface area contributed by atoms with Crippen molar-refractivity contribution in [2.24, 2.45) is 0 Å². The Bertz CT molecular complexity index is 445. The second-order valence-electron chi connectivity index (χ2n) is 3.63. The Morgan fingerprint density at radius 2 is 1.74 bits per heavy atom. The number of benzene rings is 1. The zero-order chi connectivity index (χ0) is 14.8. The van der Waals surface area contributed by atoms with Crippen LogP contribution in [0.1, 0.15) is 5.56 Å². The molecule has 2 N–H and O–H groups in total. The third-order valence-corrected chi connectivity index (χ3v) is 2.49. The number of alkyl halides is 6. The highest BCUT2D eigenvalue weighted by atomic mass is 35.5. The number of aliphatic hydroxyl groups is 1. The number of hydrogen-bond donors (Lipinski definition) is 2. The SMILES string of the molecule is OC(CNc1cc(C(F)(F)F)ccc1Cl)C(F)(F)F. The second kappa shape index (κ2) is 5.46. The van der Waals surface area contributed by atoms with Crippen LogP contribution < -0.4 is 5.32 Å². The fraction of sp³-hybridized carbons (Fsp3) is 0.400. The summed E-state index contributed by atoms with van der Waals surface area (Å²) in [4.78, 5) is 0. The smallest absolute Gasteiger partial charge is 0.382 e. The summed E-state index contributed by atoms with van der Waals surface area (Å²) in [5.74, 6) is 0. The van der Waals surface area contributed by atoms with Gasteiger partial charge in [-0.3, -0.25) is 0 Å². The summed E-state index contributed by atoms with van der Waals surface area (Å²) in [5, 5.41) is 10.6. The van der Waals surface area contributed by atoms with E-state index in [4.69, 9.17) is 16.7 Å². The van der Waals surface area contributed by atoms with E-state index in [9.17, 15) is 26.3 Å². The summed E-state index contributed by atoms with van der Waals surface area (Å²) < 4.78 is 73.2. The molecule has 0 aromatic heterocycles. The summed E-state index contributed by atoms with van der Waals surface area (Å²) in [7, 11) is 0. The van der Waals surface area contributed by atoms with Crippen LogP contribution in [0.4, 0.5) is 32.0 Å². The summed E-state index contributed by atoms with van der Waals surface area (Å²) >= 11 is 5.55. The lowest BCUT2D eigenvalue weighted by Gasteiger charge is -2.17. The molecule has 1 atom stereocenters. The van der Waals surface area contributed by atoms with Gasteiger partial charge in [-0.1, -0.05) is 11.6 Å². The predicted molar refractivity (Wildman–Crippen MR) is 57.0 cm³/mol. The van der Waals surface area contributed by atoms with Gasteiger partial charge in [0.05, 0.1) is 16.3 Å². The molecule has 0 saturated carbocycles. The highest BCUT2D eigenvalue weighted by Gasteiger charge is 2.38. The predicted octanol–water partition coefficient (Wildman–Crippen LogP) is 3.69. The molecule has 0 amide bonds. The molecule has 1 aromatic rings. The fourth-order valence-corrected chi connectivity index (χ4v) is 1.34. The molecular weight excluding hydrogens is 300 g/mol. The maximum atomic E-state index is 12.4. The van der Waals surface area contributed by atoms with Gasteiger partial charge in [0.1, 0.15) is 0 Å². The van der Waals surface area contributed by atoms with Gasteiger partial charge in [-0.2, -0.15) is 26.3 Å². The van der Waals surface area contributed by atoms with E-state index < -0.39 is 30.6 Å². The van der Waals surface area contributed by atoms with E-state index in [1.54, 1.807) is 0 Å². The van der Waals surface area contributed by atoms with Gasteiger partial charge in [0, 0.05) is 6.54 Å².